The van der Waals surface area contributed by atoms with Crippen molar-refractivity contribution in [3.8, 4) is 0 Å². The van der Waals surface area contributed by atoms with Gasteiger partial charge in [-0.05, 0) is 25.0 Å². The lowest BCUT2D eigenvalue weighted by Gasteiger charge is -2.11. The third kappa shape index (κ3) is 4.89. The SMILES string of the molecule is CCCc1ccccc1NCCC(=O)NCC. The molecule has 94 valence electrons. The maximum atomic E-state index is 11.3. The molecule has 0 saturated heterocycles. The molecule has 1 rings (SSSR count). The number of benzene rings is 1. The van der Waals surface area contributed by atoms with Crippen molar-refractivity contribution in [2.24, 2.45) is 0 Å². The Labute approximate surface area is 104 Å². The molecule has 0 unspecified atom stereocenters. The van der Waals surface area contributed by atoms with E-state index in [-0.39, 0.29) is 5.91 Å². The predicted molar refractivity (Wildman–Crippen MR) is 72.2 cm³/mol. The van der Waals surface area contributed by atoms with Crippen LogP contribution < -0.4 is 10.6 Å². The standard InChI is InChI=1S/C14H22N2O/c1-3-7-12-8-5-6-9-13(12)16-11-10-14(17)15-4-2/h5-6,8-9,16H,3-4,7,10-11H2,1-2H3,(H,15,17). The van der Waals surface area contributed by atoms with Gasteiger partial charge in [-0.15, -0.1) is 0 Å². The van der Waals surface area contributed by atoms with Gasteiger partial charge in [0.15, 0.2) is 0 Å². The maximum Gasteiger partial charge on any atom is 0.221 e. The highest BCUT2D eigenvalue weighted by Crippen LogP contribution is 2.16. The highest BCUT2D eigenvalue weighted by atomic mass is 16.1. The van der Waals surface area contributed by atoms with E-state index < -0.39 is 0 Å². The molecule has 0 aromatic heterocycles. The Balaban J connectivity index is 2.43. The minimum atomic E-state index is 0.105. The van der Waals surface area contributed by atoms with Gasteiger partial charge in [0.25, 0.3) is 0 Å². The second-order valence-electron chi connectivity index (χ2n) is 4.04. The number of aryl methyl sites for hydroxylation is 1. The lowest BCUT2D eigenvalue weighted by Crippen LogP contribution is -2.24. The molecule has 1 amide bonds. The first-order chi connectivity index (χ1) is 8.27. The van der Waals surface area contributed by atoms with Crippen LogP contribution in [0.5, 0.6) is 0 Å². The number of carbonyl (C=O) groups excluding carboxylic acids is 1. The molecule has 0 saturated carbocycles. The molecule has 1 aromatic rings. The Hall–Kier alpha value is -1.51. The number of amides is 1. The highest BCUT2D eigenvalue weighted by molar-refractivity contribution is 5.76. The second-order valence-corrected chi connectivity index (χ2v) is 4.04. The van der Waals surface area contributed by atoms with Crippen molar-refractivity contribution in [3.05, 3.63) is 29.8 Å². The average Bonchev–Trinajstić information content (AvgIpc) is 2.32. The summed E-state index contributed by atoms with van der Waals surface area (Å²) in [4.78, 5) is 11.3. The lowest BCUT2D eigenvalue weighted by atomic mass is 10.1. The van der Waals surface area contributed by atoms with Crippen LogP contribution in [0.2, 0.25) is 0 Å². The van der Waals surface area contributed by atoms with Crippen molar-refractivity contribution in [3.63, 3.8) is 0 Å². The van der Waals surface area contributed by atoms with Gasteiger partial charge in [0.1, 0.15) is 0 Å². The summed E-state index contributed by atoms with van der Waals surface area (Å²) >= 11 is 0. The van der Waals surface area contributed by atoms with E-state index in [9.17, 15) is 4.79 Å². The molecule has 3 heteroatoms. The van der Waals surface area contributed by atoms with Crippen LogP contribution in [0, 0.1) is 0 Å². The van der Waals surface area contributed by atoms with Crippen LogP contribution in [0.25, 0.3) is 0 Å². The molecule has 0 fully saturated rings. The molecular weight excluding hydrogens is 212 g/mol. The molecule has 0 radical (unpaired) electrons. The van der Waals surface area contributed by atoms with E-state index in [2.05, 4.69) is 35.8 Å². The normalized spacial score (nSPS) is 10.0. The highest BCUT2D eigenvalue weighted by Gasteiger charge is 2.02. The smallest absolute Gasteiger partial charge is 0.221 e. The predicted octanol–water partition coefficient (Wildman–Crippen LogP) is 2.58. The van der Waals surface area contributed by atoms with Crippen LogP contribution in [-0.2, 0) is 11.2 Å². The molecule has 3 nitrogen and oxygen atoms in total. The van der Waals surface area contributed by atoms with E-state index in [4.69, 9.17) is 0 Å². The van der Waals surface area contributed by atoms with E-state index >= 15 is 0 Å². The summed E-state index contributed by atoms with van der Waals surface area (Å²) in [5.41, 5.74) is 2.48. The summed E-state index contributed by atoms with van der Waals surface area (Å²) in [5, 5.41) is 6.12. The maximum absolute atomic E-state index is 11.3. The Bertz CT molecular complexity index is 350. The minimum absolute atomic E-state index is 0.105. The number of carbonyl (C=O) groups is 1. The molecular formula is C14H22N2O. The van der Waals surface area contributed by atoms with Crippen LogP contribution in [0.4, 0.5) is 5.69 Å². The number of hydrogen-bond donors (Lipinski definition) is 2. The number of para-hydroxylation sites is 1. The van der Waals surface area contributed by atoms with Crippen molar-refractivity contribution in [1.29, 1.82) is 0 Å². The van der Waals surface area contributed by atoms with Gasteiger partial charge >= 0.3 is 0 Å². The second kappa shape index (κ2) is 7.71. The van der Waals surface area contributed by atoms with Crippen LogP contribution in [0.1, 0.15) is 32.3 Å². The molecule has 0 bridgehead atoms. The van der Waals surface area contributed by atoms with Gasteiger partial charge in [-0.25, -0.2) is 0 Å². The fraction of sp³-hybridized carbons (Fsp3) is 0.500. The Morgan fingerprint density at radius 3 is 2.71 bits per heavy atom. The van der Waals surface area contributed by atoms with Gasteiger partial charge in [-0.2, -0.15) is 0 Å². The molecule has 1 aromatic carbocycles. The first-order valence-electron chi connectivity index (χ1n) is 6.36. The Kier molecular flexibility index (Phi) is 6.15. The molecule has 0 aliphatic heterocycles. The third-order valence-electron chi connectivity index (χ3n) is 2.58. The third-order valence-corrected chi connectivity index (χ3v) is 2.58. The van der Waals surface area contributed by atoms with E-state index in [1.165, 1.54) is 5.56 Å². The topological polar surface area (TPSA) is 41.1 Å². The summed E-state index contributed by atoms with van der Waals surface area (Å²) in [7, 11) is 0. The van der Waals surface area contributed by atoms with E-state index in [0.717, 1.165) is 18.5 Å². The quantitative estimate of drug-likeness (QED) is 0.761. The van der Waals surface area contributed by atoms with Gasteiger partial charge in [0.05, 0.1) is 0 Å². The van der Waals surface area contributed by atoms with Crippen LogP contribution in [-0.4, -0.2) is 19.0 Å². The zero-order valence-electron chi connectivity index (χ0n) is 10.8. The molecule has 0 aliphatic carbocycles. The number of rotatable bonds is 7. The fourth-order valence-corrected chi connectivity index (χ4v) is 1.78. The van der Waals surface area contributed by atoms with E-state index in [0.29, 0.717) is 19.5 Å². The van der Waals surface area contributed by atoms with Crippen molar-refractivity contribution in [1.82, 2.24) is 5.32 Å². The number of nitrogens with one attached hydrogen (secondary N) is 2. The molecule has 0 spiro atoms. The molecule has 0 atom stereocenters. The first-order valence-corrected chi connectivity index (χ1v) is 6.36. The fourth-order valence-electron chi connectivity index (χ4n) is 1.78. The Morgan fingerprint density at radius 2 is 2.00 bits per heavy atom. The molecule has 17 heavy (non-hydrogen) atoms. The largest absolute Gasteiger partial charge is 0.384 e. The van der Waals surface area contributed by atoms with Crippen LogP contribution in [0.15, 0.2) is 24.3 Å². The molecule has 0 heterocycles. The van der Waals surface area contributed by atoms with Crippen molar-refractivity contribution < 1.29 is 4.79 Å². The van der Waals surface area contributed by atoms with Crippen molar-refractivity contribution in [2.75, 3.05) is 18.4 Å². The lowest BCUT2D eigenvalue weighted by molar-refractivity contribution is -0.120. The number of anilines is 1. The van der Waals surface area contributed by atoms with Gasteiger partial charge in [0, 0.05) is 25.2 Å². The first kappa shape index (κ1) is 13.6. The minimum Gasteiger partial charge on any atom is -0.384 e. The van der Waals surface area contributed by atoms with Crippen LogP contribution >= 0.6 is 0 Å². The average molecular weight is 234 g/mol. The van der Waals surface area contributed by atoms with Gasteiger partial charge in [-0.1, -0.05) is 31.5 Å². The monoisotopic (exact) mass is 234 g/mol. The van der Waals surface area contributed by atoms with E-state index in [1.54, 1.807) is 0 Å². The summed E-state index contributed by atoms with van der Waals surface area (Å²) in [6.45, 7) is 5.49. The summed E-state index contributed by atoms with van der Waals surface area (Å²) in [6.07, 6.45) is 2.73. The zero-order valence-corrected chi connectivity index (χ0v) is 10.8. The zero-order chi connectivity index (χ0) is 12.5. The van der Waals surface area contributed by atoms with Crippen molar-refractivity contribution >= 4 is 11.6 Å². The van der Waals surface area contributed by atoms with Gasteiger partial charge in [-0.3, -0.25) is 4.79 Å². The molecule has 2 N–H and O–H groups in total. The molecule has 0 aliphatic rings. The number of hydrogen-bond acceptors (Lipinski definition) is 2. The van der Waals surface area contributed by atoms with Crippen molar-refractivity contribution in [2.45, 2.75) is 33.1 Å². The Morgan fingerprint density at radius 1 is 1.24 bits per heavy atom. The summed E-state index contributed by atoms with van der Waals surface area (Å²) in [6, 6.07) is 8.29. The summed E-state index contributed by atoms with van der Waals surface area (Å²) < 4.78 is 0. The van der Waals surface area contributed by atoms with Gasteiger partial charge in [0.2, 0.25) is 5.91 Å². The van der Waals surface area contributed by atoms with Crippen LogP contribution in [0.3, 0.4) is 0 Å². The van der Waals surface area contributed by atoms with Gasteiger partial charge < -0.3 is 10.6 Å². The van der Waals surface area contributed by atoms with E-state index in [1.807, 2.05) is 13.0 Å². The summed E-state index contributed by atoms with van der Waals surface area (Å²) in [5.74, 6) is 0.105.